The molecule has 1 radical (unpaired) electrons. The summed E-state index contributed by atoms with van der Waals surface area (Å²) in [5.41, 5.74) is 8.39. The van der Waals surface area contributed by atoms with Crippen molar-refractivity contribution < 1.29 is 0 Å². The van der Waals surface area contributed by atoms with Crippen LogP contribution in [0.3, 0.4) is 0 Å². The number of rotatable bonds is 32. The third-order valence-electron chi connectivity index (χ3n) is 11.0. The summed E-state index contributed by atoms with van der Waals surface area (Å²) < 4.78 is 0. The van der Waals surface area contributed by atoms with Gasteiger partial charge in [0.05, 0.1) is 0 Å². The fraction of sp³-hybridized carbons (Fsp3) is 0.640. The average Bonchev–Trinajstić information content (AvgIpc) is 3.15. The molecule has 0 heteroatoms. The average molecular weight is 678 g/mol. The Kier molecular flexibility index (Phi) is 24.6. The van der Waals surface area contributed by atoms with Crippen LogP contribution in [0, 0.1) is 6.07 Å². The molecule has 0 nitrogen and oxygen atoms in total. The van der Waals surface area contributed by atoms with Crippen LogP contribution < -0.4 is 0 Å². The molecular formula is C50H77. The number of hydrogen-bond donors (Lipinski definition) is 0. The highest BCUT2D eigenvalue weighted by Gasteiger charge is 2.13. The summed E-state index contributed by atoms with van der Waals surface area (Å²) in [5.74, 6) is 0. The van der Waals surface area contributed by atoms with Crippen LogP contribution in [0.1, 0.15) is 205 Å². The molecule has 0 aliphatic carbocycles. The highest BCUT2D eigenvalue weighted by Crippen LogP contribution is 2.36. The van der Waals surface area contributed by atoms with E-state index in [1.54, 1.807) is 0 Å². The number of unbranched alkanes of at least 4 members (excludes halogenated alkanes) is 26. The molecule has 0 spiro atoms. The monoisotopic (exact) mass is 678 g/mol. The van der Waals surface area contributed by atoms with E-state index in [4.69, 9.17) is 0 Å². The first-order valence-corrected chi connectivity index (χ1v) is 22.0. The molecule has 0 fully saturated rings. The fourth-order valence-electron chi connectivity index (χ4n) is 7.89. The van der Waals surface area contributed by atoms with E-state index in [0.717, 1.165) is 6.42 Å². The van der Waals surface area contributed by atoms with Crippen molar-refractivity contribution in [2.75, 3.05) is 0 Å². The van der Waals surface area contributed by atoms with Crippen LogP contribution in [0.25, 0.3) is 22.3 Å². The second-order valence-electron chi connectivity index (χ2n) is 15.5. The van der Waals surface area contributed by atoms with Gasteiger partial charge in [-0.05, 0) is 65.1 Å². The maximum atomic E-state index is 3.69. The second kappa shape index (κ2) is 29.3. The fourth-order valence-corrected chi connectivity index (χ4v) is 7.89. The summed E-state index contributed by atoms with van der Waals surface area (Å²) in [5, 5.41) is 0. The molecule has 0 bridgehead atoms. The summed E-state index contributed by atoms with van der Waals surface area (Å²) in [6.07, 6.45) is 41.9. The van der Waals surface area contributed by atoms with Gasteiger partial charge in [-0.2, -0.15) is 0 Å². The van der Waals surface area contributed by atoms with Crippen LogP contribution in [0.4, 0.5) is 0 Å². The highest BCUT2D eigenvalue weighted by atomic mass is 14.2. The van der Waals surface area contributed by atoms with E-state index in [0.29, 0.717) is 0 Å². The first-order valence-electron chi connectivity index (χ1n) is 22.0. The molecule has 0 aromatic heterocycles. The van der Waals surface area contributed by atoms with Crippen LogP contribution in [0.2, 0.25) is 0 Å². The Balaban J connectivity index is 1.38. The predicted octanol–water partition coefficient (Wildman–Crippen LogP) is 16.9. The van der Waals surface area contributed by atoms with Gasteiger partial charge in [-0.15, -0.1) is 0 Å². The van der Waals surface area contributed by atoms with Crippen LogP contribution in [-0.2, 0) is 12.8 Å². The Bertz CT molecular complexity index is 1110. The molecular weight excluding hydrogens is 601 g/mol. The molecule has 0 atom stereocenters. The van der Waals surface area contributed by atoms with E-state index >= 15 is 0 Å². The van der Waals surface area contributed by atoms with Crippen LogP contribution in [0.5, 0.6) is 0 Å². The van der Waals surface area contributed by atoms with E-state index < -0.39 is 0 Å². The summed E-state index contributed by atoms with van der Waals surface area (Å²) in [7, 11) is 0. The van der Waals surface area contributed by atoms with Gasteiger partial charge in [0.1, 0.15) is 0 Å². The zero-order valence-corrected chi connectivity index (χ0v) is 33.1. The molecule has 50 heavy (non-hydrogen) atoms. The Morgan fingerprint density at radius 1 is 0.320 bits per heavy atom. The smallest absolute Gasteiger partial charge is 0.00237 e. The van der Waals surface area contributed by atoms with Gasteiger partial charge in [-0.25, -0.2) is 0 Å². The minimum Gasteiger partial charge on any atom is -0.0654 e. The van der Waals surface area contributed by atoms with Crippen molar-refractivity contribution in [2.45, 2.75) is 206 Å². The van der Waals surface area contributed by atoms with Gasteiger partial charge in [0, 0.05) is 0 Å². The third kappa shape index (κ3) is 18.2. The topological polar surface area (TPSA) is 0 Å². The predicted molar refractivity (Wildman–Crippen MR) is 224 cm³/mol. The Morgan fingerprint density at radius 2 is 0.640 bits per heavy atom. The van der Waals surface area contributed by atoms with Gasteiger partial charge in [0.2, 0.25) is 0 Å². The molecule has 0 heterocycles. The number of hydrogen-bond acceptors (Lipinski definition) is 0. The number of aryl methyl sites for hydroxylation is 2. The van der Waals surface area contributed by atoms with Crippen LogP contribution in [-0.4, -0.2) is 0 Å². The lowest BCUT2D eigenvalue weighted by atomic mass is 9.87. The quantitative estimate of drug-likeness (QED) is 0.0577. The molecule has 0 N–H and O–H groups in total. The van der Waals surface area contributed by atoms with Gasteiger partial charge in [-0.1, -0.05) is 248 Å². The summed E-state index contributed by atoms with van der Waals surface area (Å²) >= 11 is 0. The maximum absolute atomic E-state index is 3.69. The van der Waals surface area contributed by atoms with Gasteiger partial charge >= 0.3 is 0 Å². The van der Waals surface area contributed by atoms with E-state index in [9.17, 15) is 0 Å². The minimum atomic E-state index is 1.16. The van der Waals surface area contributed by atoms with E-state index in [2.05, 4.69) is 86.6 Å². The zero-order chi connectivity index (χ0) is 35.2. The SMILES string of the molecule is CCCCCCCCCCCCCCCCc1ccccc1-c1[c]cccc1-c1ccccc1CCCCCCCCCCCCCCCC. The molecule has 3 aromatic carbocycles. The van der Waals surface area contributed by atoms with E-state index in [1.807, 2.05) is 0 Å². The van der Waals surface area contributed by atoms with Crippen molar-refractivity contribution >= 4 is 0 Å². The molecule has 0 amide bonds. The van der Waals surface area contributed by atoms with E-state index in [-0.39, 0.29) is 0 Å². The highest BCUT2D eigenvalue weighted by molar-refractivity contribution is 5.85. The lowest BCUT2D eigenvalue weighted by molar-refractivity contribution is 0.535. The van der Waals surface area contributed by atoms with Gasteiger partial charge < -0.3 is 0 Å². The Labute approximate surface area is 311 Å². The van der Waals surface area contributed by atoms with Crippen molar-refractivity contribution in [3.63, 3.8) is 0 Å². The second-order valence-corrected chi connectivity index (χ2v) is 15.5. The molecule has 0 saturated carbocycles. The van der Waals surface area contributed by atoms with Crippen molar-refractivity contribution in [3.05, 3.63) is 83.9 Å². The van der Waals surface area contributed by atoms with Gasteiger partial charge in [0.25, 0.3) is 0 Å². The number of benzene rings is 3. The Hall–Kier alpha value is -2.34. The molecule has 3 rings (SSSR count). The van der Waals surface area contributed by atoms with Crippen molar-refractivity contribution in [1.82, 2.24) is 0 Å². The molecule has 0 aliphatic heterocycles. The van der Waals surface area contributed by atoms with Crippen molar-refractivity contribution in [3.8, 4) is 22.3 Å². The molecule has 0 aliphatic rings. The zero-order valence-electron chi connectivity index (χ0n) is 33.1. The lowest BCUT2D eigenvalue weighted by Crippen LogP contribution is -1.96. The minimum absolute atomic E-state index is 1.16. The van der Waals surface area contributed by atoms with E-state index in [1.165, 1.54) is 220 Å². The first kappa shape index (κ1) is 42.1. The molecule has 0 saturated heterocycles. The first-order chi connectivity index (χ1) is 24.8. The summed E-state index contributed by atoms with van der Waals surface area (Å²) in [6, 6.07) is 28.6. The standard InChI is InChI=1S/C50H77/c1-3-5-7-9-11-13-15-17-19-21-23-25-27-29-37-45-39-31-33-41-47(45)49-43-35-36-44-50(49)48-42-34-32-40-46(48)38-30-28-26-24-22-20-18-16-14-12-10-8-6-4-2/h31-36,39-43H,3-30,37-38H2,1-2H3. The molecule has 3 aromatic rings. The van der Waals surface area contributed by atoms with Gasteiger partial charge in [0.15, 0.2) is 0 Å². The van der Waals surface area contributed by atoms with Gasteiger partial charge in [-0.3, -0.25) is 0 Å². The summed E-state index contributed by atoms with van der Waals surface area (Å²) in [6.45, 7) is 4.61. The van der Waals surface area contributed by atoms with Crippen LogP contribution in [0.15, 0.2) is 66.7 Å². The summed E-state index contributed by atoms with van der Waals surface area (Å²) in [4.78, 5) is 0. The largest absolute Gasteiger partial charge is 0.0654 e. The normalized spacial score (nSPS) is 11.4. The Morgan fingerprint density at radius 3 is 1.06 bits per heavy atom. The van der Waals surface area contributed by atoms with Crippen LogP contribution >= 0.6 is 0 Å². The lowest BCUT2D eigenvalue weighted by Gasteiger charge is -2.17. The molecule has 277 valence electrons. The van der Waals surface area contributed by atoms with Crippen molar-refractivity contribution in [1.29, 1.82) is 0 Å². The third-order valence-corrected chi connectivity index (χ3v) is 11.0. The van der Waals surface area contributed by atoms with Crippen molar-refractivity contribution in [2.24, 2.45) is 0 Å². The maximum Gasteiger partial charge on any atom is -0.00237 e. The molecule has 0 unspecified atom stereocenters.